The van der Waals surface area contributed by atoms with Gasteiger partial charge in [-0.05, 0) is 43.2 Å². The summed E-state index contributed by atoms with van der Waals surface area (Å²) in [6.45, 7) is 3.46. The Morgan fingerprint density at radius 1 is 1.00 bits per heavy atom. The van der Waals surface area contributed by atoms with Crippen molar-refractivity contribution in [3.05, 3.63) is 60.2 Å². The lowest BCUT2D eigenvalue weighted by atomic mass is 10.1. The summed E-state index contributed by atoms with van der Waals surface area (Å²) in [6, 6.07) is 18.0. The number of carbonyl (C=O) groups excluding carboxylic acids is 1. The molecule has 5 nitrogen and oxygen atoms in total. The molecule has 2 aromatic rings. The lowest BCUT2D eigenvalue weighted by molar-refractivity contribution is -0.127. The minimum Gasteiger partial charge on any atom is -0.385 e. The van der Waals surface area contributed by atoms with Crippen LogP contribution in [0.25, 0.3) is 0 Å². The number of carbonyl (C=O) groups is 1. The monoisotopic (exact) mass is 342 g/mol. The highest BCUT2D eigenvalue weighted by atomic mass is 16.5. The number of benzene rings is 2. The fourth-order valence-electron chi connectivity index (χ4n) is 2.30. The molecule has 0 aliphatic heterocycles. The van der Waals surface area contributed by atoms with Crippen molar-refractivity contribution in [2.45, 2.75) is 19.4 Å². The lowest BCUT2D eigenvalue weighted by Gasteiger charge is -2.13. The number of rotatable bonds is 10. The van der Waals surface area contributed by atoms with Crippen LogP contribution in [0.15, 0.2) is 54.6 Å². The van der Waals surface area contributed by atoms with E-state index in [-0.39, 0.29) is 5.91 Å². The summed E-state index contributed by atoms with van der Waals surface area (Å²) < 4.78 is 10.3. The quantitative estimate of drug-likeness (QED) is 0.650. The van der Waals surface area contributed by atoms with Crippen molar-refractivity contribution in [1.29, 1.82) is 0 Å². The van der Waals surface area contributed by atoms with E-state index >= 15 is 0 Å². The summed E-state index contributed by atoms with van der Waals surface area (Å²) in [6.07, 6.45) is 0.453. The molecule has 5 heteroatoms. The summed E-state index contributed by atoms with van der Waals surface area (Å²) >= 11 is 0. The van der Waals surface area contributed by atoms with Gasteiger partial charge in [-0.25, -0.2) is 0 Å². The first kappa shape index (κ1) is 19.0. The van der Waals surface area contributed by atoms with Gasteiger partial charge in [-0.1, -0.05) is 30.3 Å². The molecule has 0 spiro atoms. The van der Waals surface area contributed by atoms with Gasteiger partial charge in [0.15, 0.2) is 0 Å². The zero-order chi connectivity index (χ0) is 17.9. The fraction of sp³-hybridized carbons (Fsp3) is 0.350. The SMILES string of the molecule is COCCOC(C)C(=O)Nc1ccc(NCCc2ccccc2)cc1. The molecule has 0 saturated carbocycles. The third-order valence-corrected chi connectivity index (χ3v) is 3.76. The second-order valence-corrected chi connectivity index (χ2v) is 5.73. The standard InChI is InChI=1S/C20H26N2O3/c1-16(25-15-14-24-2)20(23)22-19-10-8-18(9-11-19)21-13-12-17-6-4-3-5-7-17/h3-11,16,21H,12-15H2,1-2H3,(H,22,23). The molecular formula is C20H26N2O3. The van der Waals surface area contributed by atoms with Gasteiger partial charge in [0, 0.05) is 25.0 Å². The molecule has 0 heterocycles. The van der Waals surface area contributed by atoms with E-state index in [4.69, 9.17) is 9.47 Å². The van der Waals surface area contributed by atoms with Crippen LogP contribution in [0.5, 0.6) is 0 Å². The van der Waals surface area contributed by atoms with E-state index in [0.717, 1.165) is 24.3 Å². The normalized spacial score (nSPS) is 11.8. The van der Waals surface area contributed by atoms with E-state index in [1.54, 1.807) is 14.0 Å². The Morgan fingerprint density at radius 2 is 1.68 bits per heavy atom. The number of nitrogens with one attached hydrogen (secondary N) is 2. The van der Waals surface area contributed by atoms with E-state index in [1.807, 2.05) is 42.5 Å². The van der Waals surface area contributed by atoms with Crippen LogP contribution in [0.2, 0.25) is 0 Å². The van der Waals surface area contributed by atoms with Crippen LogP contribution in [0.1, 0.15) is 12.5 Å². The molecule has 0 aliphatic carbocycles. The summed E-state index contributed by atoms with van der Waals surface area (Å²) in [5, 5.41) is 6.22. The van der Waals surface area contributed by atoms with Gasteiger partial charge in [-0.15, -0.1) is 0 Å². The van der Waals surface area contributed by atoms with Crippen LogP contribution < -0.4 is 10.6 Å². The average Bonchev–Trinajstić information content (AvgIpc) is 2.64. The summed E-state index contributed by atoms with van der Waals surface area (Å²) in [7, 11) is 1.60. The third-order valence-electron chi connectivity index (χ3n) is 3.76. The van der Waals surface area contributed by atoms with Crippen molar-refractivity contribution in [2.75, 3.05) is 37.5 Å². The molecule has 0 bridgehead atoms. The van der Waals surface area contributed by atoms with Crippen molar-refractivity contribution >= 4 is 17.3 Å². The van der Waals surface area contributed by atoms with Gasteiger partial charge in [0.05, 0.1) is 13.2 Å². The minimum absolute atomic E-state index is 0.166. The van der Waals surface area contributed by atoms with E-state index < -0.39 is 6.10 Å². The first-order chi connectivity index (χ1) is 12.2. The average molecular weight is 342 g/mol. The Kier molecular flexibility index (Phi) is 7.95. The van der Waals surface area contributed by atoms with E-state index in [9.17, 15) is 4.79 Å². The van der Waals surface area contributed by atoms with Crippen molar-refractivity contribution in [3.63, 3.8) is 0 Å². The van der Waals surface area contributed by atoms with Crippen LogP contribution in [0.3, 0.4) is 0 Å². The van der Waals surface area contributed by atoms with Gasteiger partial charge in [-0.2, -0.15) is 0 Å². The first-order valence-corrected chi connectivity index (χ1v) is 8.48. The van der Waals surface area contributed by atoms with Gasteiger partial charge < -0.3 is 20.1 Å². The zero-order valence-electron chi connectivity index (χ0n) is 14.8. The highest BCUT2D eigenvalue weighted by Crippen LogP contribution is 2.14. The molecule has 2 N–H and O–H groups in total. The van der Waals surface area contributed by atoms with Gasteiger partial charge in [0.25, 0.3) is 5.91 Å². The summed E-state index contributed by atoms with van der Waals surface area (Å²) in [5.74, 6) is -0.166. The van der Waals surface area contributed by atoms with Crippen LogP contribution in [0.4, 0.5) is 11.4 Å². The number of anilines is 2. The Morgan fingerprint density at radius 3 is 2.36 bits per heavy atom. The summed E-state index contributed by atoms with van der Waals surface area (Å²) in [4.78, 5) is 12.0. The fourth-order valence-corrected chi connectivity index (χ4v) is 2.30. The minimum atomic E-state index is -0.515. The van der Waals surface area contributed by atoms with Gasteiger partial charge in [0.1, 0.15) is 6.10 Å². The molecule has 1 atom stereocenters. The van der Waals surface area contributed by atoms with Crippen molar-refractivity contribution < 1.29 is 14.3 Å². The maximum Gasteiger partial charge on any atom is 0.253 e. The van der Waals surface area contributed by atoms with Crippen LogP contribution in [0, 0.1) is 0 Å². The van der Waals surface area contributed by atoms with Gasteiger partial charge >= 0.3 is 0 Å². The zero-order valence-corrected chi connectivity index (χ0v) is 14.8. The highest BCUT2D eigenvalue weighted by molar-refractivity contribution is 5.94. The number of ether oxygens (including phenoxy) is 2. The molecule has 134 valence electrons. The van der Waals surface area contributed by atoms with E-state index in [2.05, 4.69) is 22.8 Å². The summed E-state index contributed by atoms with van der Waals surface area (Å²) in [5.41, 5.74) is 3.08. The second kappa shape index (κ2) is 10.5. The van der Waals surface area contributed by atoms with Gasteiger partial charge in [0.2, 0.25) is 0 Å². The van der Waals surface area contributed by atoms with Crippen molar-refractivity contribution in [1.82, 2.24) is 0 Å². The van der Waals surface area contributed by atoms with Crippen molar-refractivity contribution in [2.24, 2.45) is 0 Å². The van der Waals surface area contributed by atoms with Crippen LogP contribution >= 0.6 is 0 Å². The lowest BCUT2D eigenvalue weighted by Crippen LogP contribution is -2.28. The maximum absolute atomic E-state index is 12.0. The molecule has 0 saturated heterocycles. The topological polar surface area (TPSA) is 59.6 Å². The first-order valence-electron chi connectivity index (χ1n) is 8.48. The maximum atomic E-state index is 12.0. The van der Waals surface area contributed by atoms with E-state index in [0.29, 0.717) is 13.2 Å². The smallest absolute Gasteiger partial charge is 0.253 e. The number of methoxy groups -OCH3 is 1. The van der Waals surface area contributed by atoms with Crippen LogP contribution in [-0.4, -0.2) is 38.9 Å². The molecular weight excluding hydrogens is 316 g/mol. The Balaban J connectivity index is 1.74. The number of amides is 1. The molecule has 25 heavy (non-hydrogen) atoms. The Bertz CT molecular complexity index is 629. The number of hydrogen-bond donors (Lipinski definition) is 2. The molecule has 1 unspecified atom stereocenters. The predicted octanol–water partition coefficient (Wildman–Crippen LogP) is 3.33. The third kappa shape index (κ3) is 6.95. The Labute approximate surface area is 149 Å². The van der Waals surface area contributed by atoms with E-state index in [1.165, 1.54) is 5.56 Å². The predicted molar refractivity (Wildman–Crippen MR) is 101 cm³/mol. The number of hydrogen-bond acceptors (Lipinski definition) is 4. The molecule has 0 aromatic heterocycles. The molecule has 0 aliphatic rings. The highest BCUT2D eigenvalue weighted by Gasteiger charge is 2.13. The largest absolute Gasteiger partial charge is 0.385 e. The molecule has 2 aromatic carbocycles. The van der Waals surface area contributed by atoms with Gasteiger partial charge in [-0.3, -0.25) is 4.79 Å². The molecule has 1 amide bonds. The molecule has 0 radical (unpaired) electrons. The second-order valence-electron chi connectivity index (χ2n) is 5.73. The van der Waals surface area contributed by atoms with Crippen LogP contribution in [-0.2, 0) is 20.7 Å². The molecule has 0 fully saturated rings. The Hall–Kier alpha value is -2.37. The molecule has 2 rings (SSSR count). The van der Waals surface area contributed by atoms with Crippen molar-refractivity contribution in [3.8, 4) is 0 Å².